The normalized spacial score (nSPS) is 12.2. The van der Waals surface area contributed by atoms with Gasteiger partial charge in [-0.1, -0.05) is 79.5 Å². The molecule has 208 valence electrons. The molecule has 0 aliphatic carbocycles. The largest absolute Gasteiger partial charge is 0.354 e. The number of nitrogens with one attached hydrogen (secondary N) is 1. The fourth-order valence-corrected chi connectivity index (χ4v) is 5.51. The van der Waals surface area contributed by atoms with E-state index in [0.29, 0.717) is 11.6 Å². The van der Waals surface area contributed by atoms with E-state index in [-0.39, 0.29) is 29.0 Å². The lowest BCUT2D eigenvalue weighted by atomic mass is 10.1. The smallest absolute Gasteiger partial charge is 0.264 e. The molecule has 0 fully saturated rings. The average Bonchev–Trinajstić information content (AvgIpc) is 2.91. The molecule has 3 rings (SSSR count). The van der Waals surface area contributed by atoms with Gasteiger partial charge in [-0.05, 0) is 62.1 Å². The van der Waals surface area contributed by atoms with Crippen LogP contribution in [0.1, 0.15) is 37.5 Å². The summed E-state index contributed by atoms with van der Waals surface area (Å²) in [5.41, 5.74) is 2.93. The summed E-state index contributed by atoms with van der Waals surface area (Å²) in [5, 5.41) is 3.27. The van der Waals surface area contributed by atoms with Crippen LogP contribution in [0.2, 0.25) is 5.02 Å². The van der Waals surface area contributed by atoms with Crippen molar-refractivity contribution in [2.24, 2.45) is 5.92 Å². The van der Waals surface area contributed by atoms with Gasteiger partial charge in [0.05, 0.1) is 10.6 Å². The van der Waals surface area contributed by atoms with E-state index in [4.69, 9.17) is 11.6 Å². The third kappa shape index (κ3) is 7.83. The summed E-state index contributed by atoms with van der Waals surface area (Å²) < 4.78 is 28.6. The third-order valence-electron chi connectivity index (χ3n) is 6.38. The van der Waals surface area contributed by atoms with E-state index in [1.165, 1.54) is 23.1 Å². The summed E-state index contributed by atoms with van der Waals surface area (Å²) in [6.07, 6.45) is 0. The van der Waals surface area contributed by atoms with Crippen molar-refractivity contribution in [2.75, 3.05) is 17.4 Å². The molecule has 7 nitrogen and oxygen atoms in total. The topological polar surface area (TPSA) is 86.8 Å². The van der Waals surface area contributed by atoms with Gasteiger partial charge < -0.3 is 10.2 Å². The van der Waals surface area contributed by atoms with Crippen LogP contribution in [-0.4, -0.2) is 44.3 Å². The van der Waals surface area contributed by atoms with Crippen molar-refractivity contribution in [3.05, 3.63) is 94.5 Å². The molecule has 1 unspecified atom stereocenters. The van der Waals surface area contributed by atoms with Gasteiger partial charge >= 0.3 is 0 Å². The summed E-state index contributed by atoms with van der Waals surface area (Å²) in [7, 11) is -4.13. The van der Waals surface area contributed by atoms with Crippen molar-refractivity contribution in [1.29, 1.82) is 0 Å². The maximum absolute atomic E-state index is 13.9. The molecular formula is C30H36ClN3O4S. The number of carbonyl (C=O) groups is 2. The molecular weight excluding hydrogens is 534 g/mol. The van der Waals surface area contributed by atoms with E-state index < -0.39 is 28.5 Å². The summed E-state index contributed by atoms with van der Waals surface area (Å²) in [4.78, 5) is 28.4. The zero-order valence-electron chi connectivity index (χ0n) is 23.0. The number of nitrogens with zero attached hydrogens (tertiary/aromatic N) is 2. The predicted molar refractivity (Wildman–Crippen MR) is 156 cm³/mol. The van der Waals surface area contributed by atoms with E-state index >= 15 is 0 Å². The highest BCUT2D eigenvalue weighted by atomic mass is 35.5. The average molecular weight is 570 g/mol. The SMILES string of the molecule is Cc1ccc(CN(C(=O)CN(c2ccc(C)c(Cl)c2)S(=O)(=O)c2ccccc2)C(C)C(=O)NCC(C)C)cc1. The van der Waals surface area contributed by atoms with Gasteiger partial charge in [-0.15, -0.1) is 0 Å². The maximum atomic E-state index is 13.9. The van der Waals surface area contributed by atoms with Crippen molar-refractivity contribution in [3.8, 4) is 0 Å². The molecule has 0 aliphatic rings. The molecule has 0 spiro atoms. The summed E-state index contributed by atoms with van der Waals surface area (Å²) in [5.74, 6) is -0.584. The minimum atomic E-state index is -4.13. The molecule has 2 amide bonds. The van der Waals surface area contributed by atoms with Crippen LogP contribution >= 0.6 is 11.6 Å². The molecule has 3 aromatic rings. The Morgan fingerprint density at radius 2 is 1.56 bits per heavy atom. The molecule has 1 atom stereocenters. The number of rotatable bonds is 11. The molecule has 0 aliphatic heterocycles. The van der Waals surface area contributed by atoms with Crippen LogP contribution in [0.15, 0.2) is 77.7 Å². The zero-order chi connectivity index (χ0) is 28.7. The summed E-state index contributed by atoms with van der Waals surface area (Å²) in [6, 6.07) is 19.6. The molecule has 1 N–H and O–H groups in total. The molecule has 0 saturated carbocycles. The highest BCUT2D eigenvalue weighted by Crippen LogP contribution is 2.28. The van der Waals surface area contributed by atoms with Gasteiger partial charge in [0.25, 0.3) is 10.0 Å². The molecule has 0 radical (unpaired) electrons. The number of benzene rings is 3. The third-order valence-corrected chi connectivity index (χ3v) is 8.57. The van der Waals surface area contributed by atoms with Crippen LogP contribution in [0, 0.1) is 19.8 Å². The second kappa shape index (κ2) is 13.1. The van der Waals surface area contributed by atoms with Crippen molar-refractivity contribution >= 4 is 39.1 Å². The van der Waals surface area contributed by atoms with Crippen LogP contribution < -0.4 is 9.62 Å². The first-order valence-corrected chi connectivity index (χ1v) is 14.7. The second-order valence-corrected chi connectivity index (χ2v) is 12.3. The van der Waals surface area contributed by atoms with Gasteiger partial charge in [0.1, 0.15) is 12.6 Å². The highest BCUT2D eigenvalue weighted by Gasteiger charge is 2.32. The number of halogens is 1. The van der Waals surface area contributed by atoms with Gasteiger partial charge in [0.15, 0.2) is 0 Å². The lowest BCUT2D eigenvalue weighted by Gasteiger charge is -2.32. The highest BCUT2D eigenvalue weighted by molar-refractivity contribution is 7.92. The van der Waals surface area contributed by atoms with Crippen LogP contribution in [-0.2, 0) is 26.2 Å². The quantitative estimate of drug-likeness (QED) is 0.338. The number of carbonyl (C=O) groups excluding carboxylic acids is 2. The van der Waals surface area contributed by atoms with Crippen molar-refractivity contribution in [3.63, 3.8) is 0 Å². The minimum Gasteiger partial charge on any atom is -0.354 e. The number of amides is 2. The monoisotopic (exact) mass is 569 g/mol. The Hall–Kier alpha value is -3.36. The van der Waals surface area contributed by atoms with Gasteiger partial charge in [-0.25, -0.2) is 8.42 Å². The Labute approximate surface area is 236 Å². The fraction of sp³-hybridized carbons (Fsp3) is 0.333. The molecule has 0 bridgehead atoms. The summed E-state index contributed by atoms with van der Waals surface area (Å²) >= 11 is 6.36. The molecule has 39 heavy (non-hydrogen) atoms. The Bertz CT molecular complexity index is 1390. The van der Waals surface area contributed by atoms with Gasteiger partial charge in [0, 0.05) is 18.1 Å². The molecule has 3 aromatic carbocycles. The first kappa shape index (κ1) is 30.2. The van der Waals surface area contributed by atoms with Crippen molar-refractivity contribution in [1.82, 2.24) is 10.2 Å². The Morgan fingerprint density at radius 3 is 2.15 bits per heavy atom. The molecule has 0 aromatic heterocycles. The Kier molecular flexibility index (Phi) is 10.2. The Morgan fingerprint density at radius 1 is 0.923 bits per heavy atom. The van der Waals surface area contributed by atoms with E-state index in [2.05, 4.69) is 5.32 Å². The molecule has 9 heteroatoms. The van der Waals surface area contributed by atoms with Crippen molar-refractivity contribution < 1.29 is 18.0 Å². The number of hydrogen-bond donors (Lipinski definition) is 1. The number of anilines is 1. The maximum Gasteiger partial charge on any atom is 0.264 e. The molecule has 0 heterocycles. The second-order valence-electron chi connectivity index (χ2n) is 10.1. The van der Waals surface area contributed by atoms with Gasteiger partial charge in [0.2, 0.25) is 11.8 Å². The van der Waals surface area contributed by atoms with Crippen LogP contribution in [0.4, 0.5) is 5.69 Å². The number of aryl methyl sites for hydroxylation is 2. The predicted octanol–water partition coefficient (Wildman–Crippen LogP) is 5.34. The van der Waals surface area contributed by atoms with Crippen LogP contribution in [0.5, 0.6) is 0 Å². The van der Waals surface area contributed by atoms with Gasteiger partial charge in [-0.3, -0.25) is 13.9 Å². The fourth-order valence-electron chi connectivity index (χ4n) is 3.91. The number of hydrogen-bond acceptors (Lipinski definition) is 4. The van der Waals surface area contributed by atoms with E-state index in [9.17, 15) is 18.0 Å². The first-order chi connectivity index (χ1) is 18.4. The van der Waals surface area contributed by atoms with Crippen LogP contribution in [0.3, 0.4) is 0 Å². The first-order valence-electron chi connectivity index (χ1n) is 12.9. The van der Waals surface area contributed by atoms with E-state index in [1.54, 1.807) is 37.3 Å². The van der Waals surface area contributed by atoms with E-state index in [1.807, 2.05) is 52.0 Å². The zero-order valence-corrected chi connectivity index (χ0v) is 24.6. The molecule has 0 saturated heterocycles. The van der Waals surface area contributed by atoms with Crippen molar-refractivity contribution in [2.45, 2.75) is 52.1 Å². The summed E-state index contributed by atoms with van der Waals surface area (Å²) in [6.45, 7) is 9.50. The number of sulfonamides is 1. The van der Waals surface area contributed by atoms with Gasteiger partial charge in [-0.2, -0.15) is 0 Å². The standard InChI is InChI=1S/C30H36ClN3O4S/c1-21(2)18-32-30(36)24(5)33(19-25-14-11-22(3)12-15-25)29(35)20-34(26-16-13-23(4)28(31)17-26)39(37,38)27-9-7-6-8-10-27/h6-17,21,24H,18-20H2,1-5H3,(H,32,36). The Balaban J connectivity index is 2.02. The lowest BCUT2D eigenvalue weighted by Crippen LogP contribution is -2.51. The minimum absolute atomic E-state index is 0.0438. The van der Waals surface area contributed by atoms with Crippen LogP contribution in [0.25, 0.3) is 0 Å². The lowest BCUT2D eigenvalue weighted by molar-refractivity contribution is -0.139. The van der Waals surface area contributed by atoms with E-state index in [0.717, 1.165) is 21.0 Å².